The van der Waals surface area contributed by atoms with Gasteiger partial charge >= 0.3 is 0 Å². The minimum Gasteiger partial charge on any atom is -0.366 e. The molecule has 0 atom stereocenters. The van der Waals surface area contributed by atoms with Gasteiger partial charge in [-0.25, -0.2) is 8.42 Å². The van der Waals surface area contributed by atoms with Gasteiger partial charge in [-0.2, -0.15) is 4.98 Å². The second-order valence-electron chi connectivity index (χ2n) is 2.40. The van der Waals surface area contributed by atoms with Gasteiger partial charge in [0.2, 0.25) is 10.7 Å². The van der Waals surface area contributed by atoms with Gasteiger partial charge in [0.25, 0.3) is 10.0 Å². The van der Waals surface area contributed by atoms with Crippen LogP contribution in [0.25, 0.3) is 0 Å². The zero-order valence-corrected chi connectivity index (χ0v) is 9.34. The van der Waals surface area contributed by atoms with Crippen LogP contribution >= 0.6 is 15.9 Å². The lowest BCUT2D eigenvalue weighted by Crippen LogP contribution is -2.18. The maximum Gasteiger partial charge on any atom is 0.256 e. The van der Waals surface area contributed by atoms with Gasteiger partial charge in [-0.3, -0.25) is 0 Å². The molecule has 0 radical (unpaired) electrons. The van der Waals surface area contributed by atoms with E-state index in [0.29, 0.717) is 6.42 Å². The first kappa shape index (κ1) is 10.5. The Bertz CT molecular complexity index is 399. The molecule has 8 heteroatoms. The quantitative estimate of drug-likeness (QED) is 0.847. The number of rotatable bonds is 3. The van der Waals surface area contributed by atoms with Gasteiger partial charge in [0.15, 0.2) is 0 Å². The number of nitrogens with zero attached hydrogens (tertiary/aromatic N) is 3. The van der Waals surface area contributed by atoms with E-state index in [0.717, 1.165) is 4.09 Å². The second kappa shape index (κ2) is 3.62. The van der Waals surface area contributed by atoms with Crippen LogP contribution in [0.15, 0.2) is 4.73 Å². The average molecular weight is 269 g/mol. The molecule has 0 fully saturated rings. The molecule has 0 saturated heterocycles. The number of nitrogens with two attached hydrogens (primary N) is 1. The lowest BCUT2D eigenvalue weighted by Gasteiger charge is -2.01. The van der Waals surface area contributed by atoms with E-state index in [1.807, 2.05) is 0 Å². The van der Waals surface area contributed by atoms with Crippen molar-refractivity contribution in [3.63, 3.8) is 0 Å². The van der Waals surface area contributed by atoms with Crippen LogP contribution in [0, 0.1) is 0 Å². The van der Waals surface area contributed by atoms with E-state index in [4.69, 9.17) is 5.73 Å². The van der Waals surface area contributed by atoms with Crippen molar-refractivity contribution in [3.8, 4) is 0 Å². The summed E-state index contributed by atoms with van der Waals surface area (Å²) < 4.78 is 23.8. The fourth-order valence-corrected chi connectivity index (χ4v) is 2.91. The monoisotopic (exact) mass is 268 g/mol. The highest BCUT2D eigenvalue weighted by atomic mass is 79.9. The summed E-state index contributed by atoms with van der Waals surface area (Å²) in [7, 11) is -3.40. The second-order valence-corrected chi connectivity index (χ2v) is 5.03. The summed E-state index contributed by atoms with van der Waals surface area (Å²) >= 11 is 2.95. The predicted octanol–water partition coefficient (Wildman–Crippen LogP) is 0.211. The fraction of sp³-hybridized carbons (Fsp3) is 0.600. The van der Waals surface area contributed by atoms with E-state index in [-0.39, 0.29) is 16.4 Å². The topological polar surface area (TPSA) is 90.9 Å². The lowest BCUT2D eigenvalue weighted by atomic mass is 10.6. The van der Waals surface area contributed by atoms with Gasteiger partial charge < -0.3 is 5.73 Å². The molecule has 1 aromatic heterocycles. The third kappa shape index (κ3) is 2.19. The number of aromatic nitrogens is 3. The Morgan fingerprint density at radius 3 is 2.62 bits per heavy atom. The number of halogens is 1. The molecule has 0 aromatic carbocycles. The van der Waals surface area contributed by atoms with E-state index in [9.17, 15) is 8.42 Å². The molecule has 0 unspecified atom stereocenters. The van der Waals surface area contributed by atoms with Crippen LogP contribution in [-0.4, -0.2) is 28.3 Å². The molecule has 74 valence electrons. The maximum absolute atomic E-state index is 11.4. The molecule has 0 spiro atoms. The van der Waals surface area contributed by atoms with Crippen LogP contribution in [0.3, 0.4) is 0 Å². The van der Waals surface area contributed by atoms with Crippen LogP contribution in [-0.2, 0) is 10.0 Å². The van der Waals surface area contributed by atoms with Crippen LogP contribution < -0.4 is 5.73 Å². The minimum absolute atomic E-state index is 0.0222. The summed E-state index contributed by atoms with van der Waals surface area (Å²) in [5.74, 6) is -0.0412. The molecule has 2 N–H and O–H groups in total. The summed E-state index contributed by atoms with van der Waals surface area (Å²) in [6, 6.07) is 0. The molecule has 0 aliphatic carbocycles. The number of nitrogen functional groups attached to an aromatic ring is 1. The zero-order chi connectivity index (χ0) is 10.1. The summed E-state index contributed by atoms with van der Waals surface area (Å²) in [5, 5.41) is 3.55. The molecule has 0 amide bonds. The van der Waals surface area contributed by atoms with Crippen LogP contribution in [0.1, 0.15) is 13.3 Å². The van der Waals surface area contributed by atoms with Gasteiger partial charge in [-0.05, 0) is 22.4 Å². The molecule has 1 heterocycles. The highest BCUT2D eigenvalue weighted by Crippen LogP contribution is 2.11. The van der Waals surface area contributed by atoms with Gasteiger partial charge in [0.1, 0.15) is 0 Å². The van der Waals surface area contributed by atoms with E-state index < -0.39 is 10.0 Å². The smallest absolute Gasteiger partial charge is 0.256 e. The Labute approximate surface area is 84.3 Å². The van der Waals surface area contributed by atoms with Gasteiger partial charge in [-0.1, -0.05) is 6.92 Å². The Morgan fingerprint density at radius 2 is 2.23 bits per heavy atom. The first-order valence-corrected chi connectivity index (χ1v) is 5.99. The standard InChI is InChI=1S/C5H9BrN4O2S/c1-2-3-13(11,12)10-4(6)8-5(7)9-10/h2-3H2,1H3,(H2,7,9). The third-order valence-corrected chi connectivity index (χ3v) is 3.74. The number of hydrogen-bond acceptors (Lipinski definition) is 5. The molecular formula is C5H9BrN4O2S. The van der Waals surface area contributed by atoms with Crippen molar-refractivity contribution in [1.29, 1.82) is 0 Å². The van der Waals surface area contributed by atoms with E-state index in [1.165, 1.54) is 0 Å². The Hall–Kier alpha value is -0.630. The summed E-state index contributed by atoms with van der Waals surface area (Å²) in [5.41, 5.74) is 5.23. The molecule has 1 rings (SSSR count). The Morgan fingerprint density at radius 1 is 1.62 bits per heavy atom. The third-order valence-electron chi connectivity index (χ3n) is 1.28. The van der Waals surface area contributed by atoms with Crippen molar-refractivity contribution in [2.45, 2.75) is 13.3 Å². The highest BCUT2D eigenvalue weighted by molar-refractivity contribution is 9.10. The SMILES string of the molecule is CCCS(=O)(=O)n1nc(N)nc1Br. The van der Waals surface area contributed by atoms with Crippen LogP contribution in [0.2, 0.25) is 0 Å². The van der Waals surface area contributed by atoms with Crippen molar-refractivity contribution in [3.05, 3.63) is 4.73 Å². The molecule has 0 saturated carbocycles. The van der Waals surface area contributed by atoms with Crippen LogP contribution in [0.4, 0.5) is 5.95 Å². The normalized spacial score (nSPS) is 11.8. The fourth-order valence-electron chi connectivity index (χ4n) is 0.815. The number of hydrogen-bond donors (Lipinski definition) is 1. The highest BCUT2D eigenvalue weighted by Gasteiger charge is 2.18. The molecule has 6 nitrogen and oxygen atoms in total. The summed E-state index contributed by atoms with van der Waals surface area (Å²) in [4.78, 5) is 3.63. The van der Waals surface area contributed by atoms with Crippen molar-refractivity contribution in [2.24, 2.45) is 0 Å². The van der Waals surface area contributed by atoms with E-state index in [2.05, 4.69) is 26.0 Å². The van der Waals surface area contributed by atoms with Crippen molar-refractivity contribution in [2.75, 3.05) is 11.5 Å². The molecular weight excluding hydrogens is 260 g/mol. The zero-order valence-electron chi connectivity index (χ0n) is 6.94. The van der Waals surface area contributed by atoms with Crippen LogP contribution in [0.5, 0.6) is 0 Å². The predicted molar refractivity (Wildman–Crippen MR) is 51.6 cm³/mol. The van der Waals surface area contributed by atoms with Crippen molar-refractivity contribution >= 4 is 31.9 Å². The first-order valence-electron chi connectivity index (χ1n) is 3.58. The lowest BCUT2D eigenvalue weighted by molar-refractivity contribution is 0.577. The Balaban J connectivity index is 3.14. The van der Waals surface area contributed by atoms with Gasteiger partial charge in [-0.15, -0.1) is 9.19 Å². The van der Waals surface area contributed by atoms with Gasteiger partial charge in [0.05, 0.1) is 5.75 Å². The number of anilines is 1. The molecule has 1 aromatic rings. The molecule has 0 aliphatic rings. The maximum atomic E-state index is 11.4. The summed E-state index contributed by atoms with van der Waals surface area (Å²) in [6.07, 6.45) is 0.522. The van der Waals surface area contributed by atoms with E-state index >= 15 is 0 Å². The molecule has 0 aliphatic heterocycles. The molecule has 13 heavy (non-hydrogen) atoms. The van der Waals surface area contributed by atoms with Crippen molar-refractivity contribution < 1.29 is 8.42 Å². The first-order chi connectivity index (χ1) is 5.97. The minimum atomic E-state index is -3.40. The molecule has 0 bridgehead atoms. The van der Waals surface area contributed by atoms with Crippen molar-refractivity contribution in [1.82, 2.24) is 14.2 Å². The summed E-state index contributed by atoms with van der Waals surface area (Å²) in [6.45, 7) is 1.77. The average Bonchev–Trinajstić information content (AvgIpc) is 2.30. The van der Waals surface area contributed by atoms with E-state index in [1.54, 1.807) is 6.92 Å². The largest absolute Gasteiger partial charge is 0.366 e. The Kier molecular flexibility index (Phi) is 2.91. The van der Waals surface area contributed by atoms with Gasteiger partial charge in [0, 0.05) is 0 Å².